The number of ketones is 1. The molecule has 2 rings (SSSR count). The number of hydrogen-bond donors (Lipinski definition) is 1. The summed E-state index contributed by atoms with van der Waals surface area (Å²) in [6.45, 7) is 7.71. The molecule has 1 unspecified atom stereocenters. The van der Waals surface area contributed by atoms with Crippen LogP contribution >= 0.6 is 22.9 Å². The van der Waals surface area contributed by atoms with Crippen LogP contribution < -0.4 is 14.8 Å². The van der Waals surface area contributed by atoms with Gasteiger partial charge in [0.15, 0.2) is 17.6 Å². The number of halogens is 1. The van der Waals surface area contributed by atoms with Gasteiger partial charge >= 0.3 is 5.97 Å². The first-order chi connectivity index (χ1) is 14.6. The molecule has 1 aromatic carbocycles. The van der Waals surface area contributed by atoms with E-state index in [-0.39, 0.29) is 28.2 Å². The van der Waals surface area contributed by atoms with Gasteiger partial charge in [-0.2, -0.15) is 0 Å². The van der Waals surface area contributed by atoms with Gasteiger partial charge in [-0.3, -0.25) is 9.59 Å². The van der Waals surface area contributed by atoms with E-state index in [4.69, 9.17) is 25.8 Å². The highest BCUT2D eigenvalue weighted by molar-refractivity contribution is 7.14. The van der Waals surface area contributed by atoms with Crippen molar-refractivity contribution in [3.63, 3.8) is 0 Å². The van der Waals surface area contributed by atoms with Crippen LogP contribution in [0.1, 0.15) is 52.6 Å². The van der Waals surface area contributed by atoms with Gasteiger partial charge in [0.05, 0.1) is 35.7 Å². The predicted octanol–water partition coefficient (Wildman–Crippen LogP) is 4.51. The van der Waals surface area contributed by atoms with Gasteiger partial charge in [-0.25, -0.2) is 4.79 Å². The third-order valence-electron chi connectivity index (χ3n) is 4.10. The third-order valence-corrected chi connectivity index (χ3v) is 5.48. The van der Waals surface area contributed by atoms with Crippen LogP contribution in [0.3, 0.4) is 0 Å². The minimum atomic E-state index is -0.999. The molecule has 1 aromatic heterocycles. The summed E-state index contributed by atoms with van der Waals surface area (Å²) < 4.78 is 16.3. The zero-order valence-electron chi connectivity index (χ0n) is 18.1. The van der Waals surface area contributed by atoms with Gasteiger partial charge in [-0.05, 0) is 37.1 Å². The van der Waals surface area contributed by atoms with Gasteiger partial charge in [0.1, 0.15) is 0 Å². The van der Waals surface area contributed by atoms with Gasteiger partial charge in [0, 0.05) is 11.8 Å². The number of rotatable bonds is 10. The smallest absolute Gasteiger partial charge is 0.339 e. The molecule has 0 spiro atoms. The number of hydrogen-bond acceptors (Lipinski definition) is 7. The number of thiophene rings is 1. The number of carbonyl (C=O) groups excluding carboxylic acids is 3. The van der Waals surface area contributed by atoms with Crippen LogP contribution in [0.2, 0.25) is 5.02 Å². The average molecular weight is 468 g/mol. The van der Waals surface area contributed by atoms with E-state index in [2.05, 4.69) is 5.32 Å². The minimum Gasteiger partial charge on any atom is -0.493 e. The van der Waals surface area contributed by atoms with Crippen LogP contribution in [0, 0.1) is 5.92 Å². The molecular formula is C22H26ClNO6S. The first-order valence-corrected chi connectivity index (χ1v) is 10.9. The standard InChI is InChI=1S/C22H26ClNO6S/c1-12(2)11-29-21-17(23)8-15(9-18(21)28-5)22(27)30-13(3)20(26)19-7-6-16(31-19)10-24-14(4)25/h6-9,12-13H,10-11H2,1-5H3,(H,24,25). The van der Waals surface area contributed by atoms with E-state index in [1.165, 1.54) is 44.4 Å². The van der Waals surface area contributed by atoms with Crippen LogP contribution in [-0.4, -0.2) is 37.5 Å². The van der Waals surface area contributed by atoms with E-state index in [1.54, 1.807) is 12.1 Å². The summed E-state index contributed by atoms with van der Waals surface area (Å²) in [5, 5.41) is 2.89. The summed E-state index contributed by atoms with van der Waals surface area (Å²) >= 11 is 7.52. The van der Waals surface area contributed by atoms with Crippen molar-refractivity contribution in [2.45, 2.75) is 40.3 Å². The van der Waals surface area contributed by atoms with Crippen LogP contribution in [-0.2, 0) is 16.1 Å². The Morgan fingerprint density at radius 2 is 1.87 bits per heavy atom. The second-order valence-electron chi connectivity index (χ2n) is 7.28. The topological polar surface area (TPSA) is 90.9 Å². The SMILES string of the molecule is COc1cc(C(=O)OC(C)C(=O)c2ccc(CNC(C)=O)s2)cc(Cl)c1OCC(C)C. The van der Waals surface area contributed by atoms with Crippen LogP contribution in [0.15, 0.2) is 24.3 Å². The number of ether oxygens (including phenoxy) is 3. The van der Waals surface area contributed by atoms with Crippen molar-refractivity contribution in [3.8, 4) is 11.5 Å². The fourth-order valence-electron chi connectivity index (χ4n) is 2.53. The Bertz CT molecular complexity index is 955. The molecule has 0 bridgehead atoms. The molecule has 2 aromatic rings. The number of Topliss-reactive ketones (excluding diaryl/α,β-unsaturated/α-hetero) is 1. The number of nitrogens with one attached hydrogen (secondary N) is 1. The number of esters is 1. The Morgan fingerprint density at radius 1 is 1.16 bits per heavy atom. The molecule has 1 heterocycles. The van der Waals surface area contributed by atoms with E-state index in [0.29, 0.717) is 29.5 Å². The van der Waals surface area contributed by atoms with Crippen molar-refractivity contribution in [1.29, 1.82) is 0 Å². The number of benzene rings is 1. The summed E-state index contributed by atoms with van der Waals surface area (Å²) in [6.07, 6.45) is -0.999. The fraction of sp³-hybridized carbons (Fsp3) is 0.409. The van der Waals surface area contributed by atoms with Crippen molar-refractivity contribution in [3.05, 3.63) is 44.6 Å². The van der Waals surface area contributed by atoms with Crippen molar-refractivity contribution in [1.82, 2.24) is 5.32 Å². The molecule has 0 aliphatic heterocycles. The van der Waals surface area contributed by atoms with Gasteiger partial charge in [0.25, 0.3) is 0 Å². The highest BCUT2D eigenvalue weighted by Gasteiger charge is 2.24. The molecular weight excluding hydrogens is 442 g/mol. The van der Waals surface area contributed by atoms with E-state index in [1.807, 2.05) is 13.8 Å². The van der Waals surface area contributed by atoms with E-state index in [9.17, 15) is 14.4 Å². The molecule has 0 saturated heterocycles. The van der Waals surface area contributed by atoms with Gasteiger partial charge in [-0.15, -0.1) is 11.3 Å². The lowest BCUT2D eigenvalue weighted by molar-refractivity contribution is -0.119. The van der Waals surface area contributed by atoms with Crippen molar-refractivity contribution in [2.24, 2.45) is 5.92 Å². The van der Waals surface area contributed by atoms with E-state index in [0.717, 1.165) is 4.88 Å². The fourth-order valence-corrected chi connectivity index (χ4v) is 3.76. The molecule has 1 amide bonds. The molecule has 1 atom stereocenters. The quantitative estimate of drug-likeness (QED) is 0.408. The number of carbonyl (C=O) groups is 3. The number of methoxy groups -OCH3 is 1. The summed E-state index contributed by atoms with van der Waals surface area (Å²) in [5.74, 6) is -0.246. The Balaban J connectivity index is 2.09. The molecule has 0 saturated carbocycles. The first kappa shape index (κ1) is 24.7. The molecule has 7 nitrogen and oxygen atoms in total. The lowest BCUT2D eigenvalue weighted by Gasteiger charge is -2.16. The molecule has 1 N–H and O–H groups in total. The summed E-state index contributed by atoms with van der Waals surface area (Å²) in [6, 6.07) is 6.30. The monoisotopic (exact) mass is 467 g/mol. The maximum Gasteiger partial charge on any atom is 0.339 e. The van der Waals surface area contributed by atoms with Crippen molar-refractivity contribution < 1.29 is 28.6 Å². The molecule has 0 fully saturated rings. The third kappa shape index (κ3) is 6.97. The maximum atomic E-state index is 12.6. The Labute approximate surface area is 190 Å². The van der Waals surface area contributed by atoms with Crippen LogP contribution in [0.5, 0.6) is 11.5 Å². The van der Waals surface area contributed by atoms with Crippen molar-refractivity contribution >= 4 is 40.6 Å². The van der Waals surface area contributed by atoms with Gasteiger partial charge < -0.3 is 19.5 Å². The molecule has 168 valence electrons. The Kier molecular flexibility index (Phi) is 8.88. The Hall–Kier alpha value is -2.58. The molecule has 0 radical (unpaired) electrons. The highest BCUT2D eigenvalue weighted by atomic mass is 35.5. The largest absolute Gasteiger partial charge is 0.493 e. The predicted molar refractivity (Wildman–Crippen MR) is 119 cm³/mol. The average Bonchev–Trinajstić information content (AvgIpc) is 3.18. The second kappa shape index (κ2) is 11.2. The summed E-state index contributed by atoms with van der Waals surface area (Å²) in [5.41, 5.74) is 0.149. The molecule has 0 aliphatic rings. The first-order valence-electron chi connectivity index (χ1n) is 9.71. The van der Waals surface area contributed by atoms with Gasteiger partial charge in [0.2, 0.25) is 11.7 Å². The van der Waals surface area contributed by atoms with Crippen LogP contribution in [0.4, 0.5) is 0 Å². The minimum absolute atomic E-state index is 0.149. The lowest BCUT2D eigenvalue weighted by atomic mass is 10.2. The zero-order chi connectivity index (χ0) is 23.1. The summed E-state index contributed by atoms with van der Waals surface area (Å²) in [4.78, 5) is 37.5. The maximum absolute atomic E-state index is 12.6. The molecule has 0 aliphatic carbocycles. The number of amides is 1. The molecule has 9 heteroatoms. The van der Waals surface area contributed by atoms with Crippen LogP contribution in [0.25, 0.3) is 0 Å². The zero-order valence-corrected chi connectivity index (χ0v) is 19.7. The van der Waals surface area contributed by atoms with Gasteiger partial charge in [-0.1, -0.05) is 25.4 Å². The second-order valence-corrected chi connectivity index (χ2v) is 8.86. The highest BCUT2D eigenvalue weighted by Crippen LogP contribution is 2.37. The summed E-state index contributed by atoms with van der Waals surface area (Å²) in [7, 11) is 1.45. The lowest BCUT2D eigenvalue weighted by Crippen LogP contribution is -2.24. The van der Waals surface area contributed by atoms with E-state index >= 15 is 0 Å². The Morgan fingerprint density at radius 3 is 2.48 bits per heavy atom. The van der Waals surface area contributed by atoms with E-state index < -0.39 is 12.1 Å². The van der Waals surface area contributed by atoms with Crippen molar-refractivity contribution in [2.75, 3.05) is 13.7 Å². The molecule has 31 heavy (non-hydrogen) atoms. The normalized spacial score (nSPS) is 11.7.